The molecular formula is C21H34O3. The normalized spacial score (nSPS) is 57.0. The molecule has 4 saturated carbocycles. The number of carbonyl (C=O) groups excluding carboxylic acids is 1. The quantitative estimate of drug-likeness (QED) is 0.771. The average molecular weight is 334 g/mol. The number of hydrogen-bond donors (Lipinski definition) is 2. The molecule has 4 fully saturated rings. The number of aliphatic hydroxyl groups is 2. The first-order chi connectivity index (χ1) is 11.3. The van der Waals surface area contributed by atoms with E-state index >= 15 is 0 Å². The molecule has 3 heteroatoms. The molecule has 4 rings (SSSR count). The minimum atomic E-state index is -0.452. The molecule has 1 unspecified atom stereocenters. The summed E-state index contributed by atoms with van der Waals surface area (Å²) in [5.74, 6) is 1.87. The third-order valence-corrected chi connectivity index (χ3v) is 9.17. The molecule has 0 spiro atoms. The van der Waals surface area contributed by atoms with Crippen LogP contribution in [-0.2, 0) is 4.79 Å². The van der Waals surface area contributed by atoms with Gasteiger partial charge in [-0.15, -0.1) is 0 Å². The Morgan fingerprint density at radius 2 is 1.79 bits per heavy atom. The van der Waals surface area contributed by atoms with E-state index in [9.17, 15) is 15.0 Å². The highest BCUT2D eigenvalue weighted by Crippen LogP contribution is 2.67. The van der Waals surface area contributed by atoms with Crippen LogP contribution in [0.25, 0.3) is 0 Å². The van der Waals surface area contributed by atoms with E-state index < -0.39 is 17.6 Å². The summed E-state index contributed by atoms with van der Waals surface area (Å²) in [6.07, 6.45) is 8.26. The van der Waals surface area contributed by atoms with Crippen molar-refractivity contribution in [1.82, 2.24) is 0 Å². The lowest BCUT2D eigenvalue weighted by Gasteiger charge is -2.61. The lowest BCUT2D eigenvalue weighted by atomic mass is 9.44. The molecule has 9 atom stereocenters. The fraction of sp³-hybridized carbons (Fsp3) is 0.952. The smallest absolute Gasteiger partial charge is 0.133 e. The summed E-state index contributed by atoms with van der Waals surface area (Å²) in [5.41, 5.74) is -0.0954. The van der Waals surface area contributed by atoms with E-state index in [1.807, 2.05) is 0 Å². The van der Waals surface area contributed by atoms with Crippen molar-refractivity contribution in [2.75, 3.05) is 0 Å². The van der Waals surface area contributed by atoms with E-state index in [1.54, 1.807) is 6.92 Å². The van der Waals surface area contributed by atoms with E-state index in [0.717, 1.165) is 12.3 Å². The van der Waals surface area contributed by atoms with Gasteiger partial charge in [0.05, 0.1) is 12.2 Å². The van der Waals surface area contributed by atoms with Crippen molar-refractivity contribution < 1.29 is 15.0 Å². The maximum atomic E-state index is 12.2. The Morgan fingerprint density at radius 1 is 1.04 bits per heavy atom. The van der Waals surface area contributed by atoms with Crippen LogP contribution < -0.4 is 0 Å². The van der Waals surface area contributed by atoms with Gasteiger partial charge in [-0.3, -0.25) is 4.79 Å². The minimum Gasteiger partial charge on any atom is -0.393 e. The number of hydrogen-bond acceptors (Lipinski definition) is 3. The summed E-state index contributed by atoms with van der Waals surface area (Å²) in [6, 6.07) is 0. The molecule has 0 saturated heterocycles. The Labute approximate surface area is 146 Å². The van der Waals surface area contributed by atoms with Crippen LogP contribution in [0, 0.1) is 40.4 Å². The lowest BCUT2D eigenvalue weighted by Crippen LogP contribution is -2.59. The summed E-state index contributed by atoms with van der Waals surface area (Å²) < 4.78 is 0. The topological polar surface area (TPSA) is 57.5 Å². The predicted octanol–water partition coefficient (Wildman–Crippen LogP) is 3.57. The SMILES string of the molecule is CC(=O)[C@H]1C[C@H](O)[C@H]2[C@@H]3CCC4CCCC[C@]4(C)[C@H]3C[C@@H](O)[C@@]21C. The summed E-state index contributed by atoms with van der Waals surface area (Å²) in [7, 11) is 0. The molecule has 3 nitrogen and oxygen atoms in total. The second-order valence-corrected chi connectivity index (χ2v) is 9.91. The number of aliphatic hydroxyl groups excluding tert-OH is 2. The molecule has 0 aromatic carbocycles. The van der Waals surface area contributed by atoms with Gasteiger partial charge in [-0.2, -0.15) is 0 Å². The second-order valence-electron chi connectivity index (χ2n) is 9.91. The maximum Gasteiger partial charge on any atom is 0.133 e. The highest BCUT2D eigenvalue weighted by Gasteiger charge is 2.66. The van der Waals surface area contributed by atoms with E-state index in [2.05, 4.69) is 13.8 Å². The van der Waals surface area contributed by atoms with Gasteiger partial charge >= 0.3 is 0 Å². The van der Waals surface area contributed by atoms with Gasteiger partial charge in [0, 0.05) is 11.3 Å². The van der Waals surface area contributed by atoms with Gasteiger partial charge in [0.25, 0.3) is 0 Å². The molecule has 4 aliphatic rings. The fourth-order valence-electron chi connectivity index (χ4n) is 7.94. The average Bonchev–Trinajstić information content (AvgIpc) is 2.81. The van der Waals surface area contributed by atoms with Gasteiger partial charge < -0.3 is 10.2 Å². The van der Waals surface area contributed by atoms with Crippen molar-refractivity contribution in [2.24, 2.45) is 40.4 Å². The number of Topliss-reactive ketones (excluding diaryl/α,β-unsaturated/α-hetero) is 1. The predicted molar refractivity (Wildman–Crippen MR) is 93.3 cm³/mol. The van der Waals surface area contributed by atoms with Crippen LogP contribution in [0.15, 0.2) is 0 Å². The number of rotatable bonds is 1. The van der Waals surface area contributed by atoms with Crippen molar-refractivity contribution in [1.29, 1.82) is 0 Å². The van der Waals surface area contributed by atoms with E-state index in [4.69, 9.17) is 0 Å². The van der Waals surface area contributed by atoms with Crippen molar-refractivity contribution in [3.05, 3.63) is 0 Å². The van der Waals surface area contributed by atoms with Crippen LogP contribution in [0.1, 0.15) is 72.1 Å². The third-order valence-electron chi connectivity index (χ3n) is 9.17. The number of carbonyl (C=O) groups is 1. The fourth-order valence-corrected chi connectivity index (χ4v) is 7.94. The highest BCUT2D eigenvalue weighted by molar-refractivity contribution is 5.80. The number of ketones is 1. The Balaban J connectivity index is 1.72. The van der Waals surface area contributed by atoms with Crippen LogP contribution in [0.4, 0.5) is 0 Å². The summed E-state index contributed by atoms with van der Waals surface area (Å²) in [6.45, 7) is 6.20. The molecule has 0 bridgehead atoms. The van der Waals surface area contributed by atoms with E-state index in [0.29, 0.717) is 23.7 Å². The van der Waals surface area contributed by atoms with Crippen LogP contribution in [0.3, 0.4) is 0 Å². The molecule has 0 heterocycles. The summed E-state index contributed by atoms with van der Waals surface area (Å²) in [4.78, 5) is 12.2. The van der Waals surface area contributed by atoms with Crippen molar-refractivity contribution in [2.45, 2.75) is 84.3 Å². The lowest BCUT2D eigenvalue weighted by molar-refractivity contribution is -0.178. The zero-order chi connectivity index (χ0) is 17.3. The van der Waals surface area contributed by atoms with Crippen molar-refractivity contribution in [3.63, 3.8) is 0 Å². The van der Waals surface area contributed by atoms with E-state index in [1.165, 1.54) is 38.5 Å². The molecule has 136 valence electrons. The Morgan fingerprint density at radius 3 is 2.50 bits per heavy atom. The van der Waals surface area contributed by atoms with Gasteiger partial charge in [0.2, 0.25) is 0 Å². The van der Waals surface area contributed by atoms with Crippen LogP contribution in [0.5, 0.6) is 0 Å². The largest absolute Gasteiger partial charge is 0.393 e. The van der Waals surface area contributed by atoms with Gasteiger partial charge in [-0.1, -0.05) is 26.7 Å². The molecule has 0 aliphatic heterocycles. The monoisotopic (exact) mass is 334 g/mol. The molecule has 2 N–H and O–H groups in total. The van der Waals surface area contributed by atoms with Gasteiger partial charge in [-0.05, 0) is 74.5 Å². The molecule has 24 heavy (non-hydrogen) atoms. The molecule has 0 amide bonds. The molecular weight excluding hydrogens is 300 g/mol. The molecule has 0 aromatic rings. The first-order valence-electron chi connectivity index (χ1n) is 10.2. The molecule has 0 radical (unpaired) electrons. The van der Waals surface area contributed by atoms with Crippen LogP contribution >= 0.6 is 0 Å². The standard InChI is InChI=1S/C21H34O3/c1-12(22)15-10-17(23)19-14-8-7-13-6-4-5-9-20(13,2)16(14)11-18(24)21(15,19)3/h13-19,23-24H,4-11H2,1-3H3/t13?,14-,15-,16+,17+,18-,19-,20+,21+/m1/s1. The van der Waals surface area contributed by atoms with Crippen molar-refractivity contribution >= 4 is 5.78 Å². The van der Waals surface area contributed by atoms with Gasteiger partial charge in [0.15, 0.2) is 0 Å². The Kier molecular flexibility index (Phi) is 3.93. The first kappa shape index (κ1) is 17.0. The van der Waals surface area contributed by atoms with Crippen molar-refractivity contribution in [3.8, 4) is 0 Å². The van der Waals surface area contributed by atoms with Crippen LogP contribution in [0.2, 0.25) is 0 Å². The zero-order valence-electron chi connectivity index (χ0n) is 15.5. The van der Waals surface area contributed by atoms with E-state index in [-0.39, 0.29) is 17.6 Å². The summed E-state index contributed by atoms with van der Waals surface area (Å²) in [5, 5.41) is 22.0. The highest BCUT2D eigenvalue weighted by atomic mass is 16.3. The second kappa shape index (κ2) is 5.54. The van der Waals surface area contributed by atoms with Crippen LogP contribution in [-0.4, -0.2) is 28.2 Å². The Hall–Kier alpha value is -0.410. The zero-order valence-corrected chi connectivity index (χ0v) is 15.5. The number of fused-ring (bicyclic) bond motifs is 5. The Bertz CT molecular complexity index is 531. The summed E-state index contributed by atoms with van der Waals surface area (Å²) >= 11 is 0. The maximum absolute atomic E-state index is 12.2. The minimum absolute atomic E-state index is 0.0971. The third kappa shape index (κ3) is 2.06. The molecule has 4 aliphatic carbocycles. The first-order valence-corrected chi connectivity index (χ1v) is 10.2. The van der Waals surface area contributed by atoms with Gasteiger partial charge in [0.1, 0.15) is 5.78 Å². The molecule has 0 aromatic heterocycles. The van der Waals surface area contributed by atoms with Gasteiger partial charge in [-0.25, -0.2) is 0 Å².